The second-order valence-electron chi connectivity index (χ2n) is 10.2. The van der Waals surface area contributed by atoms with E-state index in [1.54, 1.807) is 24.3 Å². The van der Waals surface area contributed by atoms with Crippen LogP contribution < -0.4 is 5.32 Å². The van der Waals surface area contributed by atoms with E-state index in [0.717, 1.165) is 74.1 Å². The number of aryl methyl sites for hydroxylation is 2. The monoisotopic (exact) mass is 524 g/mol. The van der Waals surface area contributed by atoms with E-state index in [-0.39, 0.29) is 5.91 Å². The summed E-state index contributed by atoms with van der Waals surface area (Å²) in [6, 6.07) is 15.9. The van der Waals surface area contributed by atoms with Crippen molar-refractivity contribution < 1.29 is 23.1 Å². The molecule has 3 aromatic carbocycles. The summed E-state index contributed by atoms with van der Waals surface area (Å²) in [6.45, 7) is 7.75. The van der Waals surface area contributed by atoms with Crippen LogP contribution in [-0.4, -0.2) is 42.1 Å². The van der Waals surface area contributed by atoms with Gasteiger partial charge in [0, 0.05) is 12.1 Å². The number of phenols is 1. The molecule has 4 nitrogen and oxygen atoms in total. The Labute approximate surface area is 222 Å². The molecule has 1 heterocycles. The molecule has 0 atom stereocenters. The quantitative estimate of drug-likeness (QED) is 0.310. The highest BCUT2D eigenvalue weighted by Gasteiger charge is 2.30. The minimum Gasteiger partial charge on any atom is -0.508 e. The molecule has 0 aliphatic carbocycles. The van der Waals surface area contributed by atoms with Crippen molar-refractivity contribution in [2.45, 2.75) is 51.6 Å². The number of amides is 1. The zero-order valence-corrected chi connectivity index (χ0v) is 21.9. The predicted octanol–water partition coefficient (Wildman–Crippen LogP) is 7.08. The van der Waals surface area contributed by atoms with E-state index in [9.17, 15) is 23.1 Å². The molecule has 0 unspecified atom stereocenters. The minimum absolute atomic E-state index is 0.149. The lowest BCUT2D eigenvalue weighted by molar-refractivity contribution is -0.137. The summed E-state index contributed by atoms with van der Waals surface area (Å²) in [5, 5.41) is 12.9. The van der Waals surface area contributed by atoms with Crippen molar-refractivity contribution in [1.82, 2.24) is 10.2 Å². The maximum atomic E-state index is 12.8. The number of phenolic OH excluding ortho intramolecular Hbond substituents is 1. The fraction of sp³-hybridized carbons (Fsp3) is 0.387. The molecule has 1 fully saturated rings. The summed E-state index contributed by atoms with van der Waals surface area (Å²) in [7, 11) is 0. The van der Waals surface area contributed by atoms with Crippen LogP contribution in [0.1, 0.15) is 64.2 Å². The first-order valence-electron chi connectivity index (χ1n) is 13.2. The Balaban J connectivity index is 1.16. The van der Waals surface area contributed by atoms with E-state index in [1.807, 2.05) is 13.0 Å². The third kappa shape index (κ3) is 6.95. The van der Waals surface area contributed by atoms with Crippen molar-refractivity contribution in [3.63, 3.8) is 0 Å². The standard InChI is InChI=1S/C31H35F3N2O2/c1-21-20-29(37)22(2)19-28(21)25-13-17-36(18-14-25)16-4-3-15-35-30(38)26-7-5-23(6-8-26)24-9-11-27(12-10-24)31(32,33)34/h5-12,19-20,25,37H,3-4,13-18H2,1-2H3,(H,35,38). The van der Waals surface area contributed by atoms with Gasteiger partial charge in [-0.25, -0.2) is 0 Å². The molecule has 7 heteroatoms. The van der Waals surface area contributed by atoms with Crippen LogP contribution >= 0.6 is 0 Å². The first kappa shape index (κ1) is 27.7. The fourth-order valence-electron chi connectivity index (χ4n) is 5.16. The van der Waals surface area contributed by atoms with Crippen molar-refractivity contribution in [2.24, 2.45) is 0 Å². The summed E-state index contributed by atoms with van der Waals surface area (Å²) < 4.78 is 38.3. The fourth-order valence-corrected chi connectivity index (χ4v) is 5.16. The van der Waals surface area contributed by atoms with Gasteiger partial charge >= 0.3 is 6.18 Å². The van der Waals surface area contributed by atoms with Gasteiger partial charge in [0.15, 0.2) is 0 Å². The SMILES string of the molecule is Cc1cc(C2CCN(CCCCNC(=O)c3ccc(-c4ccc(C(F)(F)F)cc4)cc3)CC2)c(C)cc1O. The maximum Gasteiger partial charge on any atom is 0.416 e. The van der Waals surface area contributed by atoms with E-state index in [2.05, 4.69) is 23.2 Å². The predicted molar refractivity (Wildman–Crippen MR) is 144 cm³/mol. The van der Waals surface area contributed by atoms with Gasteiger partial charge in [-0.2, -0.15) is 13.2 Å². The molecule has 1 amide bonds. The van der Waals surface area contributed by atoms with Crippen molar-refractivity contribution in [3.05, 3.63) is 88.5 Å². The van der Waals surface area contributed by atoms with Crippen LogP contribution in [0.4, 0.5) is 13.2 Å². The van der Waals surface area contributed by atoms with Crippen LogP contribution in [0.25, 0.3) is 11.1 Å². The van der Waals surface area contributed by atoms with Gasteiger partial charge < -0.3 is 15.3 Å². The van der Waals surface area contributed by atoms with Crippen LogP contribution in [0, 0.1) is 13.8 Å². The number of halogens is 3. The molecule has 2 N–H and O–H groups in total. The molecule has 0 saturated carbocycles. The number of hydrogen-bond acceptors (Lipinski definition) is 3. The van der Waals surface area contributed by atoms with Crippen LogP contribution in [0.15, 0.2) is 60.7 Å². The van der Waals surface area contributed by atoms with Gasteiger partial charge in [-0.1, -0.05) is 30.3 Å². The molecule has 1 saturated heterocycles. The Morgan fingerprint density at radius 1 is 0.921 bits per heavy atom. The number of likely N-dealkylation sites (tertiary alicyclic amines) is 1. The second kappa shape index (κ2) is 12.0. The van der Waals surface area contributed by atoms with Gasteiger partial charge in [0.05, 0.1) is 5.56 Å². The summed E-state index contributed by atoms with van der Waals surface area (Å²) in [6.07, 6.45) is -0.223. The largest absolute Gasteiger partial charge is 0.508 e. The summed E-state index contributed by atoms with van der Waals surface area (Å²) in [5.41, 5.74) is 4.73. The zero-order valence-electron chi connectivity index (χ0n) is 21.9. The Bertz CT molecular complexity index is 1230. The summed E-state index contributed by atoms with van der Waals surface area (Å²) in [5.74, 6) is 0.755. The molecule has 3 aromatic rings. The molecule has 4 rings (SSSR count). The maximum absolute atomic E-state index is 12.8. The lowest BCUT2D eigenvalue weighted by atomic mass is 9.85. The van der Waals surface area contributed by atoms with Crippen molar-refractivity contribution >= 4 is 5.91 Å². The van der Waals surface area contributed by atoms with Crippen LogP contribution in [0.3, 0.4) is 0 Å². The molecule has 1 aliphatic rings. The number of nitrogens with one attached hydrogen (secondary N) is 1. The topological polar surface area (TPSA) is 52.6 Å². The average Bonchev–Trinajstić information content (AvgIpc) is 2.90. The number of benzene rings is 3. The number of alkyl halides is 3. The number of carbonyl (C=O) groups excluding carboxylic acids is 1. The van der Waals surface area contributed by atoms with Gasteiger partial charge in [-0.3, -0.25) is 4.79 Å². The molecule has 0 spiro atoms. The average molecular weight is 525 g/mol. The number of piperidine rings is 1. The molecular weight excluding hydrogens is 489 g/mol. The second-order valence-corrected chi connectivity index (χ2v) is 10.2. The molecular formula is C31H35F3N2O2. The highest BCUT2D eigenvalue weighted by Crippen LogP contribution is 2.34. The number of nitrogens with zero attached hydrogens (tertiary/aromatic N) is 1. The van der Waals surface area contributed by atoms with Gasteiger partial charge in [0.25, 0.3) is 5.91 Å². The number of aromatic hydroxyl groups is 1. The van der Waals surface area contributed by atoms with E-state index in [1.165, 1.54) is 17.7 Å². The van der Waals surface area contributed by atoms with Gasteiger partial charge in [0.2, 0.25) is 0 Å². The lowest BCUT2D eigenvalue weighted by Gasteiger charge is -2.33. The van der Waals surface area contributed by atoms with Crippen LogP contribution in [0.2, 0.25) is 0 Å². The normalized spacial score (nSPS) is 15.0. The third-order valence-electron chi connectivity index (χ3n) is 7.49. The van der Waals surface area contributed by atoms with E-state index in [4.69, 9.17) is 0 Å². The molecule has 0 bridgehead atoms. The number of carbonyl (C=O) groups is 1. The van der Waals surface area contributed by atoms with Crippen molar-refractivity contribution in [2.75, 3.05) is 26.2 Å². The molecule has 0 aromatic heterocycles. The summed E-state index contributed by atoms with van der Waals surface area (Å²) >= 11 is 0. The lowest BCUT2D eigenvalue weighted by Crippen LogP contribution is -2.34. The van der Waals surface area contributed by atoms with Crippen LogP contribution in [-0.2, 0) is 6.18 Å². The first-order chi connectivity index (χ1) is 18.1. The third-order valence-corrected chi connectivity index (χ3v) is 7.49. The number of unbranched alkanes of at least 4 members (excludes halogenated alkanes) is 1. The van der Waals surface area contributed by atoms with Crippen molar-refractivity contribution in [3.8, 4) is 16.9 Å². The molecule has 1 aliphatic heterocycles. The Morgan fingerprint density at radius 2 is 1.53 bits per heavy atom. The molecule has 38 heavy (non-hydrogen) atoms. The molecule has 202 valence electrons. The van der Waals surface area contributed by atoms with Gasteiger partial charge in [-0.05, 0) is 123 Å². The number of rotatable bonds is 8. The van der Waals surface area contributed by atoms with Gasteiger partial charge in [-0.15, -0.1) is 0 Å². The van der Waals surface area contributed by atoms with Gasteiger partial charge in [0.1, 0.15) is 5.75 Å². The smallest absolute Gasteiger partial charge is 0.416 e. The van der Waals surface area contributed by atoms with Crippen LogP contribution in [0.5, 0.6) is 5.75 Å². The Morgan fingerprint density at radius 3 is 2.13 bits per heavy atom. The van der Waals surface area contributed by atoms with Crippen molar-refractivity contribution in [1.29, 1.82) is 0 Å². The number of hydrogen-bond donors (Lipinski definition) is 2. The zero-order chi connectivity index (χ0) is 27.3. The van der Waals surface area contributed by atoms with E-state index < -0.39 is 11.7 Å². The Hall–Kier alpha value is -3.32. The highest BCUT2D eigenvalue weighted by atomic mass is 19.4. The first-order valence-corrected chi connectivity index (χ1v) is 13.2. The minimum atomic E-state index is -4.36. The highest BCUT2D eigenvalue weighted by molar-refractivity contribution is 5.94. The van der Waals surface area contributed by atoms with E-state index in [0.29, 0.717) is 29.3 Å². The van der Waals surface area contributed by atoms with E-state index >= 15 is 0 Å². The Kier molecular flexibility index (Phi) is 8.77. The summed E-state index contributed by atoms with van der Waals surface area (Å²) in [4.78, 5) is 15.0. The molecule has 0 radical (unpaired) electrons.